The smallest absolute Gasteiger partial charge is 0.0793 e. The lowest BCUT2D eigenvalue weighted by Crippen LogP contribution is -1.96. The van der Waals surface area contributed by atoms with Gasteiger partial charge >= 0.3 is 0 Å². The van der Waals surface area contributed by atoms with Gasteiger partial charge in [-0.1, -0.05) is 18.2 Å². The van der Waals surface area contributed by atoms with Crippen molar-refractivity contribution in [2.24, 2.45) is 0 Å². The van der Waals surface area contributed by atoms with Gasteiger partial charge in [0.1, 0.15) is 0 Å². The maximum Gasteiger partial charge on any atom is 0.0793 e. The van der Waals surface area contributed by atoms with Crippen molar-refractivity contribution in [2.75, 3.05) is 7.11 Å². The Morgan fingerprint density at radius 2 is 2.11 bits per heavy atom. The Kier molecular flexibility index (Phi) is 4.07. The zero-order valence-electron chi connectivity index (χ0n) is 10.6. The predicted molar refractivity (Wildman–Crippen MR) is 71.0 cm³/mol. The number of ether oxygens (including phenoxy) is 1. The first-order valence-electron chi connectivity index (χ1n) is 5.93. The van der Waals surface area contributed by atoms with Gasteiger partial charge in [-0.05, 0) is 36.2 Å². The molecule has 0 bridgehead atoms. The van der Waals surface area contributed by atoms with Crippen LogP contribution in [0.2, 0.25) is 0 Å². The minimum atomic E-state index is 0.0314. The molecule has 18 heavy (non-hydrogen) atoms. The molecule has 94 valence electrons. The Bertz CT molecular complexity index is 525. The van der Waals surface area contributed by atoms with Gasteiger partial charge in [0, 0.05) is 18.9 Å². The van der Waals surface area contributed by atoms with E-state index in [1.165, 1.54) is 0 Å². The fraction of sp³-hybridized carbons (Fsp3) is 0.267. The lowest BCUT2D eigenvalue weighted by molar-refractivity contribution is 0.119. The fourth-order valence-electron chi connectivity index (χ4n) is 1.82. The predicted octanol–water partition coefficient (Wildman–Crippen LogP) is 2.95. The Morgan fingerprint density at radius 3 is 2.83 bits per heavy atom. The van der Waals surface area contributed by atoms with Crippen molar-refractivity contribution < 1.29 is 9.84 Å². The van der Waals surface area contributed by atoms with Crippen molar-refractivity contribution in [3.05, 3.63) is 53.7 Å². The van der Waals surface area contributed by atoms with Crippen LogP contribution in [0.4, 0.5) is 0 Å². The Hall–Kier alpha value is -1.71. The summed E-state index contributed by atoms with van der Waals surface area (Å²) in [6, 6.07) is 11.8. The van der Waals surface area contributed by atoms with Gasteiger partial charge in [0.15, 0.2) is 0 Å². The molecular formula is C15H17NO2. The highest BCUT2D eigenvalue weighted by molar-refractivity contribution is 5.60. The number of aromatic nitrogens is 1. The SMILES string of the molecule is COC(C)c1cccc(-c2cc(CO)ccn2)c1. The molecule has 1 aromatic heterocycles. The molecule has 0 saturated heterocycles. The van der Waals surface area contributed by atoms with Crippen LogP contribution in [0, 0.1) is 0 Å². The van der Waals surface area contributed by atoms with Gasteiger partial charge in [0.2, 0.25) is 0 Å². The van der Waals surface area contributed by atoms with Gasteiger partial charge in [0.05, 0.1) is 18.4 Å². The van der Waals surface area contributed by atoms with E-state index < -0.39 is 0 Å². The maximum atomic E-state index is 9.14. The van der Waals surface area contributed by atoms with Gasteiger partial charge in [-0.2, -0.15) is 0 Å². The third-order valence-electron chi connectivity index (χ3n) is 3.01. The van der Waals surface area contributed by atoms with E-state index in [1.807, 2.05) is 37.3 Å². The molecule has 3 nitrogen and oxygen atoms in total. The number of rotatable bonds is 4. The summed E-state index contributed by atoms with van der Waals surface area (Å²) in [7, 11) is 1.70. The molecule has 2 aromatic rings. The summed E-state index contributed by atoms with van der Waals surface area (Å²) in [5.41, 5.74) is 3.88. The van der Waals surface area contributed by atoms with E-state index in [0.717, 1.165) is 22.4 Å². The third-order valence-corrected chi connectivity index (χ3v) is 3.01. The monoisotopic (exact) mass is 243 g/mol. The summed E-state index contributed by atoms with van der Waals surface area (Å²) in [5.74, 6) is 0. The Balaban J connectivity index is 2.38. The van der Waals surface area contributed by atoms with Crippen LogP contribution < -0.4 is 0 Å². The summed E-state index contributed by atoms with van der Waals surface area (Å²) in [6.45, 7) is 2.04. The molecular weight excluding hydrogens is 226 g/mol. The maximum absolute atomic E-state index is 9.14. The van der Waals surface area contributed by atoms with Gasteiger partial charge in [-0.3, -0.25) is 4.98 Å². The minimum absolute atomic E-state index is 0.0314. The molecule has 1 atom stereocenters. The average molecular weight is 243 g/mol. The standard InChI is InChI=1S/C15H17NO2/c1-11(18-2)13-4-3-5-14(9-13)15-8-12(10-17)6-7-16-15/h3-9,11,17H,10H2,1-2H3. The van der Waals surface area contributed by atoms with Crippen LogP contribution in [-0.2, 0) is 11.3 Å². The lowest BCUT2D eigenvalue weighted by atomic mass is 10.0. The zero-order valence-corrected chi connectivity index (χ0v) is 10.6. The number of hydrogen-bond donors (Lipinski definition) is 1. The number of methoxy groups -OCH3 is 1. The largest absolute Gasteiger partial charge is 0.392 e. The summed E-state index contributed by atoms with van der Waals surface area (Å²) in [6.07, 6.45) is 1.78. The number of hydrogen-bond acceptors (Lipinski definition) is 3. The highest BCUT2D eigenvalue weighted by Crippen LogP contribution is 2.23. The molecule has 0 amide bonds. The van der Waals surface area contributed by atoms with E-state index >= 15 is 0 Å². The Morgan fingerprint density at radius 1 is 1.28 bits per heavy atom. The van der Waals surface area contributed by atoms with Crippen molar-refractivity contribution >= 4 is 0 Å². The number of aliphatic hydroxyl groups is 1. The van der Waals surface area contributed by atoms with Gasteiger partial charge in [-0.15, -0.1) is 0 Å². The number of pyridine rings is 1. The summed E-state index contributed by atoms with van der Waals surface area (Å²) in [4.78, 5) is 4.33. The molecule has 2 rings (SSSR count). The fourth-order valence-corrected chi connectivity index (χ4v) is 1.82. The average Bonchev–Trinajstić information content (AvgIpc) is 2.46. The number of aliphatic hydroxyl groups excluding tert-OH is 1. The molecule has 0 fully saturated rings. The first-order chi connectivity index (χ1) is 8.74. The van der Waals surface area contributed by atoms with E-state index in [4.69, 9.17) is 9.84 Å². The Labute approximate surface area is 107 Å². The lowest BCUT2D eigenvalue weighted by Gasteiger charge is -2.11. The van der Waals surface area contributed by atoms with Crippen molar-refractivity contribution in [1.82, 2.24) is 4.98 Å². The zero-order chi connectivity index (χ0) is 13.0. The second kappa shape index (κ2) is 5.76. The second-order valence-electron chi connectivity index (χ2n) is 4.21. The van der Waals surface area contributed by atoms with Crippen molar-refractivity contribution in [3.63, 3.8) is 0 Å². The van der Waals surface area contributed by atoms with Crippen LogP contribution in [0.15, 0.2) is 42.6 Å². The first-order valence-corrected chi connectivity index (χ1v) is 5.93. The van der Waals surface area contributed by atoms with Gasteiger partial charge in [0.25, 0.3) is 0 Å². The minimum Gasteiger partial charge on any atom is -0.392 e. The highest BCUT2D eigenvalue weighted by atomic mass is 16.5. The van der Waals surface area contributed by atoms with Crippen LogP contribution in [0.25, 0.3) is 11.3 Å². The molecule has 0 radical (unpaired) electrons. The third kappa shape index (κ3) is 2.75. The highest BCUT2D eigenvalue weighted by Gasteiger charge is 2.06. The van der Waals surface area contributed by atoms with E-state index in [0.29, 0.717) is 0 Å². The van der Waals surface area contributed by atoms with E-state index in [-0.39, 0.29) is 12.7 Å². The van der Waals surface area contributed by atoms with Crippen molar-refractivity contribution in [3.8, 4) is 11.3 Å². The topological polar surface area (TPSA) is 42.4 Å². The molecule has 0 saturated carbocycles. The van der Waals surface area contributed by atoms with Crippen molar-refractivity contribution in [1.29, 1.82) is 0 Å². The van der Waals surface area contributed by atoms with E-state index in [1.54, 1.807) is 13.3 Å². The van der Waals surface area contributed by atoms with Crippen LogP contribution in [0.5, 0.6) is 0 Å². The second-order valence-corrected chi connectivity index (χ2v) is 4.21. The molecule has 1 unspecified atom stereocenters. The molecule has 1 heterocycles. The van der Waals surface area contributed by atoms with Crippen LogP contribution in [-0.4, -0.2) is 17.2 Å². The molecule has 0 aliphatic heterocycles. The van der Waals surface area contributed by atoms with Crippen LogP contribution >= 0.6 is 0 Å². The van der Waals surface area contributed by atoms with E-state index in [9.17, 15) is 0 Å². The molecule has 3 heteroatoms. The molecule has 0 spiro atoms. The van der Waals surface area contributed by atoms with E-state index in [2.05, 4.69) is 11.1 Å². The quantitative estimate of drug-likeness (QED) is 0.897. The van der Waals surface area contributed by atoms with Crippen LogP contribution in [0.3, 0.4) is 0 Å². The summed E-state index contributed by atoms with van der Waals surface area (Å²) in [5, 5.41) is 9.14. The van der Waals surface area contributed by atoms with Crippen LogP contribution in [0.1, 0.15) is 24.2 Å². The molecule has 0 aliphatic carbocycles. The van der Waals surface area contributed by atoms with Gasteiger partial charge in [-0.25, -0.2) is 0 Å². The molecule has 1 aromatic carbocycles. The first kappa shape index (κ1) is 12.7. The van der Waals surface area contributed by atoms with Gasteiger partial charge < -0.3 is 9.84 Å². The number of nitrogens with zero attached hydrogens (tertiary/aromatic N) is 1. The summed E-state index contributed by atoms with van der Waals surface area (Å²) < 4.78 is 5.31. The summed E-state index contributed by atoms with van der Waals surface area (Å²) >= 11 is 0. The molecule has 1 N–H and O–H groups in total. The van der Waals surface area contributed by atoms with Crippen molar-refractivity contribution in [2.45, 2.75) is 19.6 Å². The number of benzene rings is 1. The molecule has 0 aliphatic rings. The normalized spacial score (nSPS) is 12.4.